The lowest BCUT2D eigenvalue weighted by Gasteiger charge is -2.54. The van der Waals surface area contributed by atoms with Gasteiger partial charge in [0.1, 0.15) is 0 Å². The number of rotatable bonds is 5. The molecule has 12 atom stereocenters. The van der Waals surface area contributed by atoms with Crippen LogP contribution in [0.3, 0.4) is 0 Å². The van der Waals surface area contributed by atoms with Gasteiger partial charge in [-0.3, -0.25) is 16.0 Å². The molecule has 4 nitrogen and oxygen atoms in total. The van der Waals surface area contributed by atoms with Gasteiger partial charge in [0.05, 0.1) is 30.7 Å². The zero-order valence-electron chi connectivity index (χ0n) is 30.2. The third-order valence-corrected chi connectivity index (χ3v) is 17.0. The van der Waals surface area contributed by atoms with Crippen LogP contribution >= 0.6 is 0 Å². The summed E-state index contributed by atoms with van der Waals surface area (Å²) in [5.41, 5.74) is 0. The second-order valence-electron chi connectivity index (χ2n) is 19.3. The summed E-state index contributed by atoms with van der Waals surface area (Å²) in [7, 11) is 0. The lowest BCUT2D eigenvalue weighted by molar-refractivity contribution is -0.0845. The Hall–Kier alpha value is -0.160. The van der Waals surface area contributed by atoms with Gasteiger partial charge in [0, 0.05) is 0 Å². The fraction of sp³-hybridized carbons (Fsp3) is 1.00. The van der Waals surface area contributed by atoms with Gasteiger partial charge in [-0.2, -0.15) is 0 Å². The van der Waals surface area contributed by atoms with Gasteiger partial charge in [-0.05, 0) is 129 Å². The molecule has 266 valence electrons. The Balaban J connectivity index is 0.941. The average Bonchev–Trinajstić information content (AvgIpc) is 3.54. The van der Waals surface area contributed by atoms with E-state index in [9.17, 15) is 0 Å². The van der Waals surface area contributed by atoms with E-state index in [0.717, 1.165) is 65.1 Å². The maximum Gasteiger partial charge on any atom is 0.0641 e. The topological polar surface area (TPSA) is 45.3 Å². The van der Waals surface area contributed by atoms with E-state index in [1.165, 1.54) is 148 Å². The van der Waals surface area contributed by atoms with Gasteiger partial charge in [0.25, 0.3) is 0 Å². The Morgan fingerprint density at radius 3 is 1.49 bits per heavy atom. The van der Waals surface area contributed by atoms with Crippen molar-refractivity contribution in [2.24, 2.45) is 65.1 Å². The maximum absolute atomic E-state index is 7.60. The summed E-state index contributed by atoms with van der Waals surface area (Å²) in [5, 5.41) is 12.9. The highest BCUT2D eigenvalue weighted by Gasteiger charge is 2.59. The summed E-state index contributed by atoms with van der Waals surface area (Å²) in [6.45, 7) is 0. The lowest BCUT2D eigenvalue weighted by Crippen LogP contribution is -2.73. The zero-order valence-corrected chi connectivity index (χ0v) is 30.2. The van der Waals surface area contributed by atoms with Crippen LogP contribution in [0.2, 0.25) is 0 Å². The van der Waals surface area contributed by atoms with Gasteiger partial charge in [-0.15, -0.1) is 0 Å². The monoisotopic (exact) mass is 648 g/mol. The van der Waals surface area contributed by atoms with Crippen molar-refractivity contribution in [3.63, 3.8) is 0 Å². The minimum absolute atomic E-state index is 0.471. The molecule has 7 saturated carbocycles. The predicted octanol–water partition coefficient (Wildman–Crippen LogP) is 9.92. The van der Waals surface area contributed by atoms with Crippen LogP contribution in [0.1, 0.15) is 173 Å². The Kier molecular flexibility index (Phi) is 10.3. The van der Waals surface area contributed by atoms with Gasteiger partial charge >= 0.3 is 0 Å². The SMILES string of the molecule is C1CCC(C2CCCC(C3CCCC4C3OC3CC(C5NC(C6CCCCC6)NC(C6CCCCC6)N5)C5CCCCC5C34)C2)CC1. The van der Waals surface area contributed by atoms with Crippen LogP contribution in [0, 0.1) is 65.1 Å². The molecule has 0 bridgehead atoms. The fourth-order valence-electron chi connectivity index (χ4n) is 14.9. The highest BCUT2D eigenvalue weighted by atomic mass is 16.5. The summed E-state index contributed by atoms with van der Waals surface area (Å²) in [6.07, 6.45) is 42.4. The number of hydrogen-bond acceptors (Lipinski definition) is 4. The average molecular weight is 648 g/mol. The highest BCUT2D eigenvalue weighted by molar-refractivity contribution is 5.08. The first kappa shape index (κ1) is 32.7. The van der Waals surface area contributed by atoms with Crippen molar-refractivity contribution < 1.29 is 4.74 Å². The van der Waals surface area contributed by atoms with Crippen LogP contribution in [-0.4, -0.2) is 30.7 Å². The third-order valence-electron chi connectivity index (χ3n) is 17.0. The molecule has 47 heavy (non-hydrogen) atoms. The van der Waals surface area contributed by atoms with Crippen molar-refractivity contribution >= 4 is 0 Å². The Morgan fingerprint density at radius 1 is 0.319 bits per heavy atom. The second kappa shape index (κ2) is 14.8. The van der Waals surface area contributed by atoms with E-state index >= 15 is 0 Å². The predicted molar refractivity (Wildman–Crippen MR) is 192 cm³/mol. The smallest absolute Gasteiger partial charge is 0.0641 e. The second-order valence-corrected chi connectivity index (χ2v) is 19.3. The molecule has 0 spiro atoms. The van der Waals surface area contributed by atoms with Crippen molar-refractivity contribution in [1.82, 2.24) is 16.0 Å². The van der Waals surface area contributed by atoms with Crippen LogP contribution in [-0.2, 0) is 4.74 Å². The molecule has 2 aliphatic heterocycles. The summed E-state index contributed by atoms with van der Waals surface area (Å²) in [5.74, 6) is 9.86. The molecule has 0 radical (unpaired) electrons. The molecule has 2 saturated heterocycles. The molecule has 9 aliphatic rings. The van der Waals surface area contributed by atoms with E-state index in [-0.39, 0.29) is 0 Å². The van der Waals surface area contributed by atoms with Gasteiger partial charge in [0.2, 0.25) is 0 Å². The fourth-order valence-corrected chi connectivity index (χ4v) is 14.9. The first-order valence-corrected chi connectivity index (χ1v) is 22.2. The first-order valence-electron chi connectivity index (χ1n) is 22.2. The van der Waals surface area contributed by atoms with Crippen molar-refractivity contribution in [2.45, 2.75) is 204 Å². The third kappa shape index (κ3) is 6.68. The van der Waals surface area contributed by atoms with E-state index in [1.807, 2.05) is 0 Å². The minimum Gasteiger partial charge on any atom is -0.374 e. The normalized spacial score (nSPS) is 49.1. The van der Waals surface area contributed by atoms with E-state index in [2.05, 4.69) is 16.0 Å². The van der Waals surface area contributed by atoms with E-state index in [4.69, 9.17) is 4.74 Å². The summed E-state index contributed by atoms with van der Waals surface area (Å²) in [4.78, 5) is 0. The minimum atomic E-state index is 0.471. The molecule has 0 aromatic heterocycles. The standard InChI is InChI=1S/C43H73N3O/c1-4-14-28(15-5-1)31-20-12-21-32(26-31)33-24-13-25-36-39-35-23-11-10-22-34(35)37(27-38(39)47-40(33)36)43-45-41(29-16-6-2-7-17-29)44-42(46-43)30-18-8-3-9-19-30/h28-46H,1-27H2. The molecule has 0 aromatic carbocycles. The molecule has 9 fully saturated rings. The number of ether oxygens (including phenoxy) is 1. The van der Waals surface area contributed by atoms with Crippen molar-refractivity contribution in [3.05, 3.63) is 0 Å². The van der Waals surface area contributed by atoms with Crippen LogP contribution in [0.25, 0.3) is 0 Å². The Labute approximate surface area is 289 Å². The van der Waals surface area contributed by atoms with Crippen molar-refractivity contribution in [3.8, 4) is 0 Å². The van der Waals surface area contributed by atoms with Crippen LogP contribution in [0.5, 0.6) is 0 Å². The molecule has 7 aliphatic carbocycles. The lowest BCUT2D eigenvalue weighted by atomic mass is 9.54. The Morgan fingerprint density at radius 2 is 0.809 bits per heavy atom. The van der Waals surface area contributed by atoms with Crippen LogP contribution in [0.15, 0.2) is 0 Å². The molecule has 12 unspecified atom stereocenters. The van der Waals surface area contributed by atoms with E-state index < -0.39 is 0 Å². The molecule has 3 N–H and O–H groups in total. The van der Waals surface area contributed by atoms with Crippen LogP contribution < -0.4 is 16.0 Å². The van der Waals surface area contributed by atoms with Gasteiger partial charge in [-0.1, -0.05) is 109 Å². The van der Waals surface area contributed by atoms with Crippen molar-refractivity contribution in [1.29, 1.82) is 0 Å². The van der Waals surface area contributed by atoms with Gasteiger partial charge < -0.3 is 4.74 Å². The molecule has 2 heterocycles. The maximum atomic E-state index is 7.60. The van der Waals surface area contributed by atoms with E-state index in [0.29, 0.717) is 30.7 Å². The molecular formula is C43H73N3O. The summed E-state index contributed by atoms with van der Waals surface area (Å²) < 4.78 is 7.60. The van der Waals surface area contributed by atoms with E-state index in [1.54, 1.807) is 25.7 Å². The van der Waals surface area contributed by atoms with Gasteiger partial charge in [-0.25, -0.2) is 0 Å². The summed E-state index contributed by atoms with van der Waals surface area (Å²) in [6, 6.07) is 0. The van der Waals surface area contributed by atoms with Gasteiger partial charge in [0.15, 0.2) is 0 Å². The zero-order chi connectivity index (χ0) is 31.2. The molecule has 0 aromatic rings. The first-order chi connectivity index (χ1) is 23.3. The largest absolute Gasteiger partial charge is 0.374 e. The Bertz CT molecular complexity index is 975. The van der Waals surface area contributed by atoms with Crippen molar-refractivity contribution in [2.75, 3.05) is 0 Å². The number of nitrogens with one attached hydrogen (secondary N) is 3. The molecule has 0 amide bonds. The molecule has 9 rings (SSSR count). The number of hydrogen-bond donors (Lipinski definition) is 3. The summed E-state index contributed by atoms with van der Waals surface area (Å²) >= 11 is 0. The van der Waals surface area contributed by atoms with Crippen LogP contribution in [0.4, 0.5) is 0 Å². The highest BCUT2D eigenvalue weighted by Crippen LogP contribution is 2.60. The molecule has 4 heteroatoms. The quantitative estimate of drug-likeness (QED) is 0.278. The number of fused-ring (bicyclic) bond motifs is 5. The molecular weight excluding hydrogens is 574 g/mol.